The van der Waals surface area contributed by atoms with Crippen LogP contribution in [0.2, 0.25) is 0 Å². The molecule has 6 aliphatic rings. The maximum Gasteiger partial charge on any atom is 0.312 e. The van der Waals surface area contributed by atoms with Crippen LogP contribution in [0.4, 0.5) is 0 Å². The van der Waals surface area contributed by atoms with Crippen molar-refractivity contribution in [2.75, 3.05) is 13.7 Å². The minimum Gasteiger partial charge on any atom is -0.469 e. The molecule has 1 heterocycles. The van der Waals surface area contributed by atoms with Crippen LogP contribution in [-0.2, 0) is 23.9 Å². The number of carbonyl (C=O) groups is 3. The highest BCUT2D eigenvalue weighted by Crippen LogP contribution is 2.77. The summed E-state index contributed by atoms with van der Waals surface area (Å²) in [6, 6.07) is 2.22. The molecule has 39 heavy (non-hydrogen) atoms. The van der Waals surface area contributed by atoms with Gasteiger partial charge in [-0.1, -0.05) is 47.1 Å². The summed E-state index contributed by atoms with van der Waals surface area (Å²) in [4.78, 5) is 41.4. The number of methoxy groups -OCH3 is 1. The molecule has 0 bridgehead atoms. The summed E-state index contributed by atoms with van der Waals surface area (Å²) in [5.41, 5.74) is -3.63. The van der Waals surface area contributed by atoms with Crippen LogP contribution in [0.3, 0.4) is 0 Å². The zero-order valence-corrected chi connectivity index (χ0v) is 24.5. The number of carbonyl (C=O) groups excluding carboxylic acids is 3. The minimum atomic E-state index is -1.44. The van der Waals surface area contributed by atoms with Crippen LogP contribution < -0.4 is 0 Å². The van der Waals surface area contributed by atoms with E-state index in [1.54, 1.807) is 0 Å². The predicted molar refractivity (Wildman–Crippen MR) is 142 cm³/mol. The highest BCUT2D eigenvalue weighted by atomic mass is 16.6. The van der Waals surface area contributed by atoms with Crippen LogP contribution in [0.15, 0.2) is 11.6 Å². The third kappa shape index (κ3) is 2.83. The molecule has 0 aromatic rings. The van der Waals surface area contributed by atoms with Gasteiger partial charge < -0.3 is 14.6 Å². The number of allylic oxidation sites excluding steroid dienone is 1. The quantitative estimate of drug-likeness (QED) is 0.405. The van der Waals surface area contributed by atoms with E-state index in [4.69, 9.17) is 9.47 Å². The van der Waals surface area contributed by atoms with Crippen molar-refractivity contribution < 1.29 is 29.0 Å². The molecule has 10 atom stereocenters. The highest BCUT2D eigenvalue weighted by Gasteiger charge is 2.82. The molecule has 0 spiro atoms. The molecule has 1 N–H and O–H groups in total. The van der Waals surface area contributed by atoms with E-state index in [0.29, 0.717) is 19.3 Å². The summed E-state index contributed by atoms with van der Waals surface area (Å²) in [5.74, 6) is -0.956. The van der Waals surface area contributed by atoms with Crippen LogP contribution in [0.5, 0.6) is 0 Å². The van der Waals surface area contributed by atoms with E-state index in [9.17, 15) is 24.8 Å². The summed E-state index contributed by atoms with van der Waals surface area (Å²) < 4.78 is 11.5. The number of ether oxygens (including phenoxy) is 2. The van der Waals surface area contributed by atoms with Crippen LogP contribution >= 0.6 is 0 Å². The zero-order chi connectivity index (χ0) is 28.6. The smallest absolute Gasteiger partial charge is 0.312 e. The first-order valence-corrected chi connectivity index (χ1v) is 14.7. The van der Waals surface area contributed by atoms with Gasteiger partial charge in [0.15, 0.2) is 11.6 Å². The fourth-order valence-corrected chi connectivity index (χ4v) is 11.1. The number of Topliss-reactive ketones (excluding diaryl/α,β-unsaturated/α-hetero) is 1. The molecule has 0 aromatic heterocycles. The average Bonchev–Trinajstić information content (AvgIpc) is 3.66. The van der Waals surface area contributed by atoms with Crippen LogP contribution in [0, 0.1) is 61.6 Å². The molecule has 6 rings (SSSR count). The van der Waals surface area contributed by atoms with Gasteiger partial charge in [-0.05, 0) is 79.1 Å². The fraction of sp³-hybridized carbons (Fsp3) is 0.812. The SMILES string of the molecule is COC(=O)C12CCC(C)(CO)CC1C1C(=O)C=C3C(C)(CCC4C(C)(C)C(=O)C5(C#N)OC5[C@]34C)C1(C)CC2. The first-order valence-electron chi connectivity index (χ1n) is 14.7. The van der Waals surface area contributed by atoms with Crippen molar-refractivity contribution in [3.8, 4) is 6.07 Å². The molecule has 212 valence electrons. The third-order valence-electron chi connectivity index (χ3n) is 13.6. The molecule has 7 heteroatoms. The second-order valence-corrected chi connectivity index (χ2v) is 15.4. The van der Waals surface area contributed by atoms with Gasteiger partial charge in [-0.25, -0.2) is 0 Å². The maximum atomic E-state index is 14.5. The van der Waals surface area contributed by atoms with Crippen LogP contribution in [-0.4, -0.2) is 48.1 Å². The number of hydrogen-bond donors (Lipinski definition) is 1. The number of nitrogens with zero attached hydrogens (tertiary/aromatic N) is 1. The van der Waals surface area contributed by atoms with E-state index in [1.165, 1.54) is 7.11 Å². The van der Waals surface area contributed by atoms with E-state index < -0.39 is 33.4 Å². The summed E-state index contributed by atoms with van der Waals surface area (Å²) in [5, 5.41) is 20.4. The van der Waals surface area contributed by atoms with Gasteiger partial charge in [0.25, 0.3) is 0 Å². The second-order valence-electron chi connectivity index (χ2n) is 15.4. The van der Waals surface area contributed by atoms with Crippen LogP contribution in [0.1, 0.15) is 86.5 Å². The largest absolute Gasteiger partial charge is 0.469 e. The number of ketones is 2. The maximum absolute atomic E-state index is 14.5. The number of nitriles is 1. The Labute approximate surface area is 231 Å². The Bertz CT molecular complexity index is 1260. The first kappa shape index (κ1) is 27.1. The molecule has 1 saturated heterocycles. The Balaban J connectivity index is 1.52. The van der Waals surface area contributed by atoms with Crippen LogP contribution in [0.25, 0.3) is 0 Å². The van der Waals surface area contributed by atoms with Crippen molar-refractivity contribution in [3.63, 3.8) is 0 Å². The summed E-state index contributed by atoms with van der Waals surface area (Å²) in [7, 11) is 1.44. The molecule has 5 aliphatic carbocycles. The van der Waals surface area contributed by atoms with E-state index in [2.05, 4.69) is 33.8 Å². The van der Waals surface area contributed by atoms with E-state index in [-0.39, 0.29) is 52.7 Å². The Morgan fingerprint density at radius 3 is 2.38 bits per heavy atom. The van der Waals surface area contributed by atoms with Crippen molar-refractivity contribution in [2.45, 2.75) is 98.2 Å². The van der Waals surface area contributed by atoms with E-state index in [0.717, 1.165) is 31.3 Å². The van der Waals surface area contributed by atoms with Gasteiger partial charge in [0.05, 0.1) is 12.5 Å². The van der Waals surface area contributed by atoms with Gasteiger partial charge >= 0.3 is 5.97 Å². The number of fused-ring (bicyclic) bond motifs is 9. The first-order chi connectivity index (χ1) is 18.1. The molecule has 4 saturated carbocycles. The topological polar surface area (TPSA) is 117 Å². The standard InChI is InChI=1S/C32H43NO6/c1-26(2)20-8-9-28(4)21(30(20,6)24-32(16-33,39-24)23(26)36)14-19(35)22-18-15-27(3,17-34)10-12-31(18,25(37)38-7)13-11-29(22,28)5/h14,18,20,22,24,34H,8-13,15,17H2,1-7H3/t18?,20?,22?,24?,27?,28?,29?,30-,31?,32?/m0/s1. The van der Waals surface area contributed by atoms with Gasteiger partial charge in [0.1, 0.15) is 12.2 Å². The monoisotopic (exact) mass is 537 g/mol. The number of epoxide rings is 1. The van der Waals surface area contributed by atoms with Crippen molar-refractivity contribution in [2.24, 2.45) is 50.2 Å². The number of rotatable bonds is 2. The van der Waals surface area contributed by atoms with E-state index in [1.807, 2.05) is 19.9 Å². The summed E-state index contributed by atoms with van der Waals surface area (Å²) in [6.07, 6.45) is 6.25. The lowest BCUT2D eigenvalue weighted by atomic mass is 9.33. The molecule has 7 nitrogen and oxygen atoms in total. The molecule has 9 unspecified atom stereocenters. The lowest BCUT2D eigenvalue weighted by Crippen LogP contribution is -2.68. The van der Waals surface area contributed by atoms with Crippen molar-refractivity contribution in [1.82, 2.24) is 0 Å². The van der Waals surface area contributed by atoms with Crippen molar-refractivity contribution >= 4 is 17.5 Å². The van der Waals surface area contributed by atoms with Gasteiger partial charge in [0.2, 0.25) is 5.60 Å². The normalized spacial score (nSPS) is 53.1. The number of aliphatic hydroxyl groups excluding tert-OH is 1. The molecular weight excluding hydrogens is 494 g/mol. The van der Waals surface area contributed by atoms with Crippen molar-refractivity contribution in [3.05, 3.63) is 11.6 Å². The van der Waals surface area contributed by atoms with Gasteiger partial charge in [-0.3, -0.25) is 14.4 Å². The fourth-order valence-electron chi connectivity index (χ4n) is 11.1. The molecule has 0 aromatic carbocycles. The molecule has 0 amide bonds. The van der Waals surface area contributed by atoms with Gasteiger partial charge in [-0.2, -0.15) is 5.26 Å². The summed E-state index contributed by atoms with van der Waals surface area (Å²) >= 11 is 0. The predicted octanol–water partition coefficient (Wildman–Crippen LogP) is 4.56. The molecule has 1 aliphatic heterocycles. The van der Waals surface area contributed by atoms with Gasteiger partial charge in [0, 0.05) is 23.4 Å². The Kier molecular flexibility index (Phi) is 5.30. The van der Waals surface area contributed by atoms with E-state index >= 15 is 0 Å². The Hall–Kier alpha value is -2.04. The zero-order valence-electron chi connectivity index (χ0n) is 24.5. The summed E-state index contributed by atoms with van der Waals surface area (Å²) in [6.45, 7) is 12.6. The molecule has 5 fully saturated rings. The third-order valence-corrected chi connectivity index (χ3v) is 13.6. The molecule has 0 radical (unpaired) electrons. The Morgan fingerprint density at radius 1 is 1.10 bits per heavy atom. The van der Waals surface area contributed by atoms with Crippen molar-refractivity contribution in [1.29, 1.82) is 5.26 Å². The lowest BCUT2D eigenvalue weighted by Gasteiger charge is -2.69. The number of hydrogen-bond acceptors (Lipinski definition) is 7. The van der Waals surface area contributed by atoms with Gasteiger partial charge in [-0.15, -0.1) is 0 Å². The number of aliphatic hydroxyl groups is 1. The molecular formula is C32H43NO6. The minimum absolute atomic E-state index is 0.0227. The lowest BCUT2D eigenvalue weighted by molar-refractivity contribution is -0.194. The average molecular weight is 538 g/mol. The number of esters is 1. The Morgan fingerprint density at radius 2 is 1.77 bits per heavy atom. The second kappa shape index (κ2) is 7.62. The highest BCUT2D eigenvalue weighted by molar-refractivity contribution is 6.01.